The number of hydrogen-bond donors (Lipinski definition) is 2. The molecule has 0 bridgehead atoms. The largest absolute Gasteiger partial charge is 0.379 e. The van der Waals surface area contributed by atoms with E-state index in [-0.39, 0.29) is 48.4 Å². The molecule has 0 aromatic carbocycles. The fraction of sp³-hybridized carbons (Fsp3) is 0.857. The van der Waals surface area contributed by atoms with Crippen LogP contribution in [-0.4, -0.2) is 112 Å². The van der Waals surface area contributed by atoms with Crippen LogP contribution in [0.25, 0.3) is 0 Å². The van der Waals surface area contributed by atoms with Gasteiger partial charge < -0.3 is 25.2 Å². The van der Waals surface area contributed by atoms with E-state index in [0.717, 1.165) is 65.2 Å². The summed E-state index contributed by atoms with van der Waals surface area (Å²) in [4.78, 5) is 35.1. The van der Waals surface area contributed by atoms with Gasteiger partial charge in [0.05, 0.1) is 13.2 Å². The Labute approximate surface area is 203 Å². The first-order valence-electron chi connectivity index (χ1n) is 11.4. The van der Waals surface area contributed by atoms with Crippen LogP contribution in [0, 0.1) is 5.92 Å². The second kappa shape index (κ2) is 13.4. The molecule has 2 amide bonds. The molecule has 2 heterocycles. The van der Waals surface area contributed by atoms with Gasteiger partial charge in [0.1, 0.15) is 6.54 Å². The maximum absolute atomic E-state index is 12.7. The van der Waals surface area contributed by atoms with Crippen molar-refractivity contribution < 1.29 is 14.3 Å². The van der Waals surface area contributed by atoms with Gasteiger partial charge in [-0.25, -0.2) is 4.99 Å². The summed E-state index contributed by atoms with van der Waals surface area (Å²) in [6.07, 6.45) is 5.33. The van der Waals surface area contributed by atoms with E-state index in [1.807, 2.05) is 4.90 Å². The highest BCUT2D eigenvalue weighted by molar-refractivity contribution is 14.0. The molecule has 10 heteroatoms. The van der Waals surface area contributed by atoms with Crippen LogP contribution in [0.5, 0.6) is 0 Å². The van der Waals surface area contributed by atoms with Crippen molar-refractivity contribution in [2.45, 2.75) is 38.1 Å². The SMILES string of the molecule is CN(C)C(=O)CN=C(NCCN1CCOCC1)NC1CCN(C(=O)C2CCCC2)C1.I. The Kier molecular flexibility index (Phi) is 11.3. The van der Waals surface area contributed by atoms with Crippen molar-refractivity contribution in [3.8, 4) is 0 Å². The molecule has 3 rings (SSSR count). The average molecular weight is 550 g/mol. The molecule has 3 fully saturated rings. The van der Waals surface area contributed by atoms with E-state index in [1.54, 1.807) is 19.0 Å². The third-order valence-electron chi connectivity index (χ3n) is 6.24. The average Bonchev–Trinajstić information content (AvgIpc) is 3.44. The van der Waals surface area contributed by atoms with Gasteiger partial charge in [0, 0.05) is 65.3 Å². The minimum Gasteiger partial charge on any atom is -0.379 e. The number of nitrogens with zero attached hydrogens (tertiary/aromatic N) is 4. The number of rotatable bonds is 7. The van der Waals surface area contributed by atoms with E-state index >= 15 is 0 Å². The third-order valence-corrected chi connectivity index (χ3v) is 6.24. The molecule has 9 nitrogen and oxygen atoms in total. The lowest BCUT2D eigenvalue weighted by atomic mass is 10.1. The Balaban J connectivity index is 0.00000341. The molecular formula is C21H39IN6O3. The maximum atomic E-state index is 12.7. The van der Waals surface area contributed by atoms with Crippen LogP contribution in [0.1, 0.15) is 32.1 Å². The highest BCUT2D eigenvalue weighted by Crippen LogP contribution is 2.27. The number of guanidine groups is 1. The molecule has 1 aliphatic carbocycles. The molecule has 0 spiro atoms. The summed E-state index contributed by atoms with van der Waals surface area (Å²) in [5.41, 5.74) is 0. The van der Waals surface area contributed by atoms with Gasteiger partial charge in [-0.1, -0.05) is 12.8 Å². The van der Waals surface area contributed by atoms with Crippen LogP contribution in [-0.2, 0) is 14.3 Å². The van der Waals surface area contributed by atoms with E-state index in [1.165, 1.54) is 12.8 Å². The molecule has 31 heavy (non-hydrogen) atoms. The van der Waals surface area contributed by atoms with E-state index in [0.29, 0.717) is 18.4 Å². The molecular weight excluding hydrogens is 511 g/mol. The molecule has 1 saturated carbocycles. The lowest BCUT2D eigenvalue weighted by Gasteiger charge is -2.27. The van der Waals surface area contributed by atoms with E-state index < -0.39 is 0 Å². The highest BCUT2D eigenvalue weighted by Gasteiger charge is 2.32. The highest BCUT2D eigenvalue weighted by atomic mass is 127. The monoisotopic (exact) mass is 550 g/mol. The number of likely N-dealkylation sites (tertiary alicyclic amines) is 1. The number of hydrogen-bond acceptors (Lipinski definition) is 5. The quantitative estimate of drug-likeness (QED) is 0.270. The van der Waals surface area contributed by atoms with Crippen molar-refractivity contribution in [1.82, 2.24) is 25.3 Å². The fourth-order valence-corrected chi connectivity index (χ4v) is 4.30. The van der Waals surface area contributed by atoms with Crippen LogP contribution >= 0.6 is 24.0 Å². The van der Waals surface area contributed by atoms with Gasteiger partial charge in [-0.15, -0.1) is 24.0 Å². The molecule has 2 aliphatic heterocycles. The first-order chi connectivity index (χ1) is 14.5. The van der Waals surface area contributed by atoms with Gasteiger partial charge in [0.2, 0.25) is 11.8 Å². The standard InChI is InChI=1S/C21H38N6O3.HI/c1-25(2)19(28)15-23-21(22-8-10-26-11-13-30-14-12-26)24-18-7-9-27(16-18)20(29)17-5-3-4-6-17;/h17-18H,3-16H2,1-2H3,(H2,22,23,24);1H. The van der Waals surface area contributed by atoms with Gasteiger partial charge >= 0.3 is 0 Å². The molecule has 0 radical (unpaired) electrons. The van der Waals surface area contributed by atoms with Crippen molar-refractivity contribution in [1.29, 1.82) is 0 Å². The van der Waals surface area contributed by atoms with Crippen LogP contribution in [0.4, 0.5) is 0 Å². The van der Waals surface area contributed by atoms with Crippen molar-refractivity contribution in [3.63, 3.8) is 0 Å². The van der Waals surface area contributed by atoms with Crippen LogP contribution in [0.3, 0.4) is 0 Å². The number of ether oxygens (including phenoxy) is 1. The number of aliphatic imine (C=N–C) groups is 1. The van der Waals surface area contributed by atoms with Crippen molar-refractivity contribution in [3.05, 3.63) is 0 Å². The van der Waals surface area contributed by atoms with Gasteiger partial charge in [-0.05, 0) is 19.3 Å². The zero-order chi connectivity index (χ0) is 21.3. The van der Waals surface area contributed by atoms with Crippen LogP contribution in [0.2, 0.25) is 0 Å². The first kappa shape index (κ1) is 26.1. The molecule has 1 unspecified atom stereocenters. The second-order valence-corrected chi connectivity index (χ2v) is 8.73. The predicted octanol–water partition coefficient (Wildman–Crippen LogP) is 0.351. The van der Waals surface area contributed by atoms with Crippen LogP contribution in [0.15, 0.2) is 4.99 Å². The number of likely N-dealkylation sites (N-methyl/N-ethyl adjacent to an activating group) is 1. The molecule has 3 aliphatic rings. The van der Waals surface area contributed by atoms with E-state index in [9.17, 15) is 9.59 Å². The Morgan fingerprint density at radius 3 is 2.48 bits per heavy atom. The second-order valence-electron chi connectivity index (χ2n) is 8.73. The smallest absolute Gasteiger partial charge is 0.243 e. The molecule has 0 aromatic rings. The summed E-state index contributed by atoms with van der Waals surface area (Å²) in [5, 5.41) is 6.82. The molecule has 1 atom stereocenters. The zero-order valence-electron chi connectivity index (χ0n) is 19.0. The van der Waals surface area contributed by atoms with Crippen molar-refractivity contribution in [2.75, 3.05) is 73.1 Å². The number of halogens is 1. The molecule has 178 valence electrons. The molecule has 2 saturated heterocycles. The summed E-state index contributed by atoms with van der Waals surface area (Å²) in [6, 6.07) is 0.166. The molecule has 2 N–H and O–H groups in total. The maximum Gasteiger partial charge on any atom is 0.243 e. The fourth-order valence-electron chi connectivity index (χ4n) is 4.30. The van der Waals surface area contributed by atoms with Gasteiger partial charge in [-0.2, -0.15) is 0 Å². The number of amides is 2. The van der Waals surface area contributed by atoms with E-state index in [4.69, 9.17) is 4.74 Å². The summed E-state index contributed by atoms with van der Waals surface area (Å²) in [6.45, 7) is 6.72. The normalized spacial score (nSPS) is 22.8. The van der Waals surface area contributed by atoms with Gasteiger partial charge in [0.25, 0.3) is 0 Å². The number of morpholine rings is 1. The minimum absolute atomic E-state index is 0. The number of carbonyl (C=O) groups is 2. The Hall–Kier alpha value is -1.14. The lowest BCUT2D eigenvalue weighted by Crippen LogP contribution is -2.48. The Morgan fingerprint density at radius 2 is 1.81 bits per heavy atom. The van der Waals surface area contributed by atoms with Gasteiger partial charge in [-0.3, -0.25) is 14.5 Å². The third kappa shape index (κ3) is 8.38. The minimum atomic E-state index is -0.0336. The Morgan fingerprint density at radius 1 is 1.10 bits per heavy atom. The summed E-state index contributed by atoms with van der Waals surface area (Å²) < 4.78 is 5.40. The van der Waals surface area contributed by atoms with Crippen molar-refractivity contribution >= 4 is 41.8 Å². The van der Waals surface area contributed by atoms with E-state index in [2.05, 4.69) is 20.5 Å². The Bertz CT molecular complexity index is 606. The zero-order valence-corrected chi connectivity index (χ0v) is 21.3. The van der Waals surface area contributed by atoms with Gasteiger partial charge in [0.15, 0.2) is 5.96 Å². The first-order valence-corrected chi connectivity index (χ1v) is 11.4. The predicted molar refractivity (Wildman–Crippen MR) is 132 cm³/mol. The van der Waals surface area contributed by atoms with Crippen molar-refractivity contribution in [2.24, 2.45) is 10.9 Å². The van der Waals surface area contributed by atoms with Crippen LogP contribution < -0.4 is 10.6 Å². The number of nitrogens with one attached hydrogen (secondary N) is 2. The number of carbonyl (C=O) groups excluding carboxylic acids is 2. The molecule has 0 aromatic heterocycles. The topological polar surface area (TPSA) is 89.5 Å². The lowest BCUT2D eigenvalue weighted by molar-refractivity contribution is -0.134. The summed E-state index contributed by atoms with van der Waals surface area (Å²) in [7, 11) is 3.47. The summed E-state index contributed by atoms with van der Waals surface area (Å²) in [5.74, 6) is 1.16. The summed E-state index contributed by atoms with van der Waals surface area (Å²) >= 11 is 0.